The van der Waals surface area contributed by atoms with E-state index in [-0.39, 0.29) is 12.5 Å². The quantitative estimate of drug-likeness (QED) is 0.680. The number of amides is 2. The van der Waals surface area contributed by atoms with Gasteiger partial charge in [0.15, 0.2) is 6.61 Å². The summed E-state index contributed by atoms with van der Waals surface area (Å²) in [6.45, 7) is 1.72. The van der Waals surface area contributed by atoms with Gasteiger partial charge in [-0.05, 0) is 35.7 Å². The summed E-state index contributed by atoms with van der Waals surface area (Å²) in [5, 5.41) is 5.65. The molecule has 7 heteroatoms. The summed E-state index contributed by atoms with van der Waals surface area (Å²) in [6.07, 6.45) is 0. The fourth-order valence-corrected chi connectivity index (χ4v) is 2.40. The minimum atomic E-state index is -0.691. The van der Waals surface area contributed by atoms with Crippen molar-refractivity contribution in [1.82, 2.24) is 10.6 Å². The van der Waals surface area contributed by atoms with Gasteiger partial charge >= 0.3 is 5.97 Å². The molecule has 1 atom stereocenters. The van der Waals surface area contributed by atoms with Crippen LogP contribution in [0.15, 0.2) is 54.6 Å². The Morgan fingerprint density at radius 3 is 2.33 bits per heavy atom. The van der Waals surface area contributed by atoms with E-state index >= 15 is 0 Å². The molecular formula is C20H21ClN2O4. The van der Waals surface area contributed by atoms with Gasteiger partial charge in [0.05, 0.1) is 0 Å². The van der Waals surface area contributed by atoms with Crippen LogP contribution < -0.4 is 10.6 Å². The Labute approximate surface area is 162 Å². The summed E-state index contributed by atoms with van der Waals surface area (Å²) in [6, 6.07) is 16.0. The Morgan fingerprint density at radius 1 is 1.00 bits per heavy atom. The first-order chi connectivity index (χ1) is 13.0. The monoisotopic (exact) mass is 388 g/mol. The number of nitrogens with one attached hydrogen (secondary N) is 2. The van der Waals surface area contributed by atoms with E-state index in [0.29, 0.717) is 17.1 Å². The summed E-state index contributed by atoms with van der Waals surface area (Å²) in [4.78, 5) is 35.3. The third-order valence-electron chi connectivity index (χ3n) is 3.84. The molecular weight excluding hydrogens is 368 g/mol. The Hall–Kier alpha value is -2.86. The molecule has 0 aromatic heterocycles. The molecule has 0 radical (unpaired) electrons. The maximum absolute atomic E-state index is 11.9. The predicted molar refractivity (Wildman–Crippen MR) is 103 cm³/mol. The third-order valence-corrected chi connectivity index (χ3v) is 4.09. The number of halogens is 1. The summed E-state index contributed by atoms with van der Waals surface area (Å²) >= 11 is 5.75. The smallest absolute Gasteiger partial charge is 0.325 e. The topological polar surface area (TPSA) is 84.5 Å². The average molecular weight is 389 g/mol. The van der Waals surface area contributed by atoms with Crippen molar-refractivity contribution in [1.29, 1.82) is 0 Å². The summed E-state index contributed by atoms with van der Waals surface area (Å²) in [7, 11) is 0. The lowest BCUT2D eigenvalue weighted by atomic mass is 10.0. The van der Waals surface area contributed by atoms with Crippen LogP contribution in [0.4, 0.5) is 0 Å². The van der Waals surface area contributed by atoms with Crippen LogP contribution in [-0.2, 0) is 14.3 Å². The van der Waals surface area contributed by atoms with Gasteiger partial charge in [-0.1, -0.05) is 48.9 Å². The Kier molecular flexibility index (Phi) is 7.82. The lowest BCUT2D eigenvalue weighted by molar-refractivity contribution is -0.147. The van der Waals surface area contributed by atoms with E-state index in [1.807, 2.05) is 37.3 Å². The molecule has 0 aliphatic rings. The molecule has 0 bridgehead atoms. The fourth-order valence-electron chi connectivity index (χ4n) is 2.27. The molecule has 2 amide bonds. The number of ether oxygens (including phenoxy) is 1. The highest BCUT2D eigenvalue weighted by atomic mass is 35.5. The molecule has 142 valence electrons. The number of esters is 1. The zero-order valence-electron chi connectivity index (χ0n) is 14.9. The van der Waals surface area contributed by atoms with Crippen molar-refractivity contribution in [2.45, 2.75) is 12.8 Å². The molecule has 0 heterocycles. The van der Waals surface area contributed by atoms with E-state index < -0.39 is 24.4 Å². The SMILES string of the molecule is C[C@@H](CNC(=O)COC(=O)CNC(=O)c1ccc(Cl)cc1)c1ccccc1. The fraction of sp³-hybridized carbons (Fsp3) is 0.250. The highest BCUT2D eigenvalue weighted by Crippen LogP contribution is 2.12. The molecule has 6 nitrogen and oxygen atoms in total. The van der Waals surface area contributed by atoms with Crippen LogP contribution in [0.5, 0.6) is 0 Å². The van der Waals surface area contributed by atoms with E-state index in [1.54, 1.807) is 24.3 Å². The van der Waals surface area contributed by atoms with Gasteiger partial charge in [-0.25, -0.2) is 0 Å². The van der Waals surface area contributed by atoms with Gasteiger partial charge in [-0.2, -0.15) is 0 Å². The van der Waals surface area contributed by atoms with Gasteiger partial charge in [0.2, 0.25) is 0 Å². The first-order valence-corrected chi connectivity index (χ1v) is 8.84. The van der Waals surface area contributed by atoms with E-state index in [9.17, 15) is 14.4 Å². The van der Waals surface area contributed by atoms with Crippen LogP contribution in [0.1, 0.15) is 28.8 Å². The first kappa shape index (κ1) is 20.5. The molecule has 0 aliphatic carbocycles. The normalized spacial score (nSPS) is 11.3. The molecule has 2 rings (SSSR count). The molecule has 2 aromatic carbocycles. The van der Waals surface area contributed by atoms with E-state index in [4.69, 9.17) is 16.3 Å². The van der Waals surface area contributed by atoms with Crippen molar-refractivity contribution in [3.8, 4) is 0 Å². The second-order valence-corrected chi connectivity index (χ2v) is 6.40. The molecule has 2 aromatic rings. The van der Waals surface area contributed by atoms with Gasteiger partial charge in [-0.15, -0.1) is 0 Å². The molecule has 0 spiro atoms. The van der Waals surface area contributed by atoms with Crippen molar-refractivity contribution in [3.05, 3.63) is 70.7 Å². The number of carbonyl (C=O) groups is 3. The third kappa shape index (κ3) is 7.11. The van der Waals surface area contributed by atoms with Crippen molar-refractivity contribution in [2.24, 2.45) is 0 Å². The second kappa shape index (κ2) is 10.3. The van der Waals surface area contributed by atoms with Crippen molar-refractivity contribution in [3.63, 3.8) is 0 Å². The molecule has 0 aliphatic heterocycles. The van der Waals surface area contributed by atoms with Crippen LogP contribution in [0.25, 0.3) is 0 Å². The van der Waals surface area contributed by atoms with Gasteiger partial charge in [0.25, 0.3) is 11.8 Å². The highest BCUT2D eigenvalue weighted by molar-refractivity contribution is 6.30. The van der Waals surface area contributed by atoms with E-state index in [0.717, 1.165) is 5.56 Å². The largest absolute Gasteiger partial charge is 0.454 e. The lowest BCUT2D eigenvalue weighted by Crippen LogP contribution is -2.35. The van der Waals surface area contributed by atoms with Crippen molar-refractivity contribution < 1.29 is 19.1 Å². The number of benzene rings is 2. The molecule has 0 saturated carbocycles. The van der Waals surface area contributed by atoms with Crippen LogP contribution in [0.2, 0.25) is 5.02 Å². The average Bonchev–Trinajstić information content (AvgIpc) is 2.69. The summed E-state index contributed by atoms with van der Waals surface area (Å²) in [5.41, 5.74) is 1.49. The molecule has 27 heavy (non-hydrogen) atoms. The number of hydrogen-bond acceptors (Lipinski definition) is 4. The standard InChI is InChI=1S/C20H21ClN2O4/c1-14(15-5-3-2-4-6-15)11-22-18(24)13-27-19(25)12-23-20(26)16-7-9-17(21)10-8-16/h2-10,14H,11-13H2,1H3,(H,22,24)(H,23,26)/t14-/m0/s1. The molecule has 0 unspecified atom stereocenters. The minimum Gasteiger partial charge on any atom is -0.454 e. The molecule has 0 fully saturated rings. The van der Waals surface area contributed by atoms with Gasteiger partial charge < -0.3 is 15.4 Å². The number of rotatable bonds is 8. The minimum absolute atomic E-state index is 0.143. The zero-order valence-corrected chi connectivity index (χ0v) is 15.7. The van der Waals surface area contributed by atoms with Crippen LogP contribution in [0.3, 0.4) is 0 Å². The van der Waals surface area contributed by atoms with E-state index in [1.165, 1.54) is 0 Å². The van der Waals surface area contributed by atoms with Crippen LogP contribution in [-0.4, -0.2) is 37.5 Å². The number of carbonyl (C=O) groups excluding carboxylic acids is 3. The number of hydrogen-bond donors (Lipinski definition) is 2. The van der Waals surface area contributed by atoms with Gasteiger partial charge in [0, 0.05) is 17.1 Å². The molecule has 0 saturated heterocycles. The zero-order chi connectivity index (χ0) is 19.6. The van der Waals surface area contributed by atoms with Crippen LogP contribution >= 0.6 is 11.6 Å². The van der Waals surface area contributed by atoms with E-state index in [2.05, 4.69) is 10.6 Å². The maximum atomic E-state index is 11.9. The summed E-state index contributed by atoms with van der Waals surface area (Å²) in [5.74, 6) is -1.37. The van der Waals surface area contributed by atoms with Crippen molar-refractivity contribution >= 4 is 29.4 Å². The Morgan fingerprint density at radius 2 is 1.67 bits per heavy atom. The predicted octanol–water partition coefficient (Wildman–Crippen LogP) is 2.53. The van der Waals surface area contributed by atoms with Crippen molar-refractivity contribution in [2.75, 3.05) is 19.7 Å². The van der Waals surface area contributed by atoms with Crippen LogP contribution in [0, 0.1) is 0 Å². The Bertz CT molecular complexity index is 778. The molecule has 2 N–H and O–H groups in total. The second-order valence-electron chi connectivity index (χ2n) is 5.97. The van der Waals surface area contributed by atoms with Gasteiger partial charge in [-0.3, -0.25) is 14.4 Å². The first-order valence-electron chi connectivity index (χ1n) is 8.46. The highest BCUT2D eigenvalue weighted by Gasteiger charge is 2.12. The maximum Gasteiger partial charge on any atom is 0.325 e. The lowest BCUT2D eigenvalue weighted by Gasteiger charge is -2.13. The summed E-state index contributed by atoms with van der Waals surface area (Å²) < 4.78 is 4.86. The van der Waals surface area contributed by atoms with Gasteiger partial charge in [0.1, 0.15) is 6.54 Å². The Balaban J connectivity index is 1.65.